The summed E-state index contributed by atoms with van der Waals surface area (Å²) in [6.45, 7) is 1.20. The highest BCUT2D eigenvalue weighted by atomic mass is 79.9. The number of amides is 1. The number of carbonyl (C=O) groups excluding carboxylic acids is 1. The van der Waals surface area contributed by atoms with E-state index >= 15 is 0 Å². The van der Waals surface area contributed by atoms with E-state index in [1.807, 2.05) is 48.2 Å². The van der Waals surface area contributed by atoms with Gasteiger partial charge in [0.2, 0.25) is 0 Å². The Kier molecular flexibility index (Phi) is 7.65. The number of hydrogen-bond donors (Lipinski definition) is 2. The van der Waals surface area contributed by atoms with Crippen LogP contribution in [-0.4, -0.2) is 18.2 Å². The Morgan fingerprint density at radius 1 is 1.09 bits per heavy atom. The van der Waals surface area contributed by atoms with Gasteiger partial charge in [0.15, 0.2) is 0 Å². The van der Waals surface area contributed by atoms with Crippen LogP contribution in [0, 0.1) is 0 Å². The summed E-state index contributed by atoms with van der Waals surface area (Å²) < 4.78 is 1.14. The second-order valence-corrected chi connectivity index (χ2v) is 7.13. The van der Waals surface area contributed by atoms with Crippen molar-refractivity contribution < 1.29 is 4.79 Å². The molecule has 0 aliphatic heterocycles. The third-order valence-corrected chi connectivity index (χ3v) is 5.52. The molecular weight excluding hydrogens is 372 g/mol. The maximum atomic E-state index is 12.0. The maximum Gasteiger partial charge on any atom is 0.251 e. The quantitative estimate of drug-likeness (QED) is 0.522. The smallest absolute Gasteiger partial charge is 0.251 e. The van der Waals surface area contributed by atoms with Crippen LogP contribution in [0.5, 0.6) is 0 Å². The Bertz CT molecular complexity index is 631. The van der Waals surface area contributed by atoms with E-state index in [4.69, 9.17) is 5.73 Å². The summed E-state index contributed by atoms with van der Waals surface area (Å²) in [6, 6.07) is 15.7. The Labute approximate surface area is 150 Å². The van der Waals surface area contributed by atoms with Gasteiger partial charge in [-0.15, -0.1) is 11.8 Å². The first-order valence-electron chi connectivity index (χ1n) is 7.65. The molecule has 0 saturated heterocycles. The third-order valence-electron chi connectivity index (χ3n) is 3.40. The van der Waals surface area contributed by atoms with E-state index in [9.17, 15) is 4.79 Å². The molecule has 0 bridgehead atoms. The van der Waals surface area contributed by atoms with Crippen LogP contribution in [0.25, 0.3) is 0 Å². The lowest BCUT2D eigenvalue weighted by Crippen LogP contribution is -2.24. The van der Waals surface area contributed by atoms with Crippen LogP contribution >= 0.6 is 27.7 Å². The van der Waals surface area contributed by atoms with Crippen LogP contribution in [-0.2, 0) is 6.54 Å². The summed E-state index contributed by atoms with van der Waals surface area (Å²) in [4.78, 5) is 13.3. The van der Waals surface area contributed by atoms with Crippen LogP contribution in [0.3, 0.4) is 0 Å². The lowest BCUT2D eigenvalue weighted by atomic mass is 10.1. The van der Waals surface area contributed by atoms with Crippen molar-refractivity contribution in [2.24, 2.45) is 5.73 Å². The standard InChI is InChI=1S/C18H21BrN2OS/c19-16-5-1-2-6-17(16)23-12-4-3-11-21-18(22)15-9-7-14(13-20)8-10-15/h1-2,5-10H,3-4,11-13,20H2,(H,21,22). The van der Waals surface area contributed by atoms with Gasteiger partial charge in [-0.2, -0.15) is 0 Å². The number of nitrogens with two attached hydrogens (primary N) is 1. The van der Waals surface area contributed by atoms with E-state index in [1.165, 1.54) is 4.90 Å². The van der Waals surface area contributed by atoms with Gasteiger partial charge in [-0.1, -0.05) is 24.3 Å². The molecule has 0 aromatic heterocycles. The monoisotopic (exact) mass is 392 g/mol. The largest absolute Gasteiger partial charge is 0.352 e. The molecule has 2 rings (SSSR count). The van der Waals surface area contributed by atoms with Gasteiger partial charge in [0, 0.05) is 28.0 Å². The van der Waals surface area contributed by atoms with E-state index in [2.05, 4.69) is 33.4 Å². The summed E-state index contributed by atoms with van der Waals surface area (Å²) in [6.07, 6.45) is 2.04. The molecule has 1 amide bonds. The highest BCUT2D eigenvalue weighted by Gasteiger charge is 2.04. The fourth-order valence-electron chi connectivity index (χ4n) is 2.07. The van der Waals surface area contributed by atoms with Crippen molar-refractivity contribution in [1.29, 1.82) is 0 Å². The molecule has 0 unspecified atom stereocenters. The third kappa shape index (κ3) is 6.01. The number of nitrogens with one attached hydrogen (secondary N) is 1. The lowest BCUT2D eigenvalue weighted by molar-refractivity contribution is 0.0953. The van der Waals surface area contributed by atoms with Gasteiger partial charge in [-0.25, -0.2) is 0 Å². The molecule has 0 aliphatic carbocycles. The minimum atomic E-state index is -0.0213. The van der Waals surface area contributed by atoms with Crippen LogP contribution in [0.15, 0.2) is 57.9 Å². The number of hydrogen-bond acceptors (Lipinski definition) is 3. The number of unbranched alkanes of at least 4 members (excludes halogenated alkanes) is 1. The zero-order chi connectivity index (χ0) is 16.5. The fourth-order valence-corrected chi connectivity index (χ4v) is 3.64. The van der Waals surface area contributed by atoms with Gasteiger partial charge < -0.3 is 11.1 Å². The van der Waals surface area contributed by atoms with Crippen molar-refractivity contribution in [3.8, 4) is 0 Å². The number of halogens is 1. The lowest BCUT2D eigenvalue weighted by Gasteiger charge is -2.07. The predicted octanol–water partition coefficient (Wildman–Crippen LogP) is 4.21. The zero-order valence-electron chi connectivity index (χ0n) is 12.9. The molecule has 23 heavy (non-hydrogen) atoms. The summed E-state index contributed by atoms with van der Waals surface area (Å²) >= 11 is 5.38. The average molecular weight is 393 g/mol. The Morgan fingerprint density at radius 3 is 2.52 bits per heavy atom. The first kappa shape index (κ1) is 18.0. The number of thioether (sulfide) groups is 1. The first-order valence-corrected chi connectivity index (χ1v) is 9.43. The average Bonchev–Trinajstić information content (AvgIpc) is 2.59. The van der Waals surface area contributed by atoms with Crippen LogP contribution in [0.4, 0.5) is 0 Å². The molecule has 0 fully saturated rings. The normalized spacial score (nSPS) is 10.5. The first-order chi connectivity index (χ1) is 11.2. The van der Waals surface area contributed by atoms with Crippen molar-refractivity contribution in [1.82, 2.24) is 5.32 Å². The minimum Gasteiger partial charge on any atom is -0.352 e. The number of rotatable bonds is 8. The van der Waals surface area contributed by atoms with Gasteiger partial charge in [0.05, 0.1) is 0 Å². The van der Waals surface area contributed by atoms with Gasteiger partial charge >= 0.3 is 0 Å². The van der Waals surface area contributed by atoms with Crippen LogP contribution in [0.1, 0.15) is 28.8 Å². The second kappa shape index (κ2) is 9.75. The van der Waals surface area contributed by atoms with Crippen molar-refractivity contribution in [3.63, 3.8) is 0 Å². The fraction of sp³-hybridized carbons (Fsp3) is 0.278. The summed E-state index contributed by atoms with van der Waals surface area (Å²) in [5.41, 5.74) is 7.27. The van der Waals surface area contributed by atoms with E-state index in [-0.39, 0.29) is 5.91 Å². The predicted molar refractivity (Wildman–Crippen MR) is 101 cm³/mol. The SMILES string of the molecule is NCc1ccc(C(=O)NCCCCSc2ccccc2Br)cc1. The van der Waals surface area contributed by atoms with Crippen molar-refractivity contribution in [2.45, 2.75) is 24.3 Å². The highest BCUT2D eigenvalue weighted by Crippen LogP contribution is 2.27. The Balaban J connectivity index is 1.63. The summed E-state index contributed by atoms with van der Waals surface area (Å²) in [5.74, 6) is 1.02. The second-order valence-electron chi connectivity index (χ2n) is 5.14. The molecule has 0 atom stereocenters. The summed E-state index contributed by atoms with van der Waals surface area (Å²) in [5, 5.41) is 2.96. The number of benzene rings is 2. The molecule has 0 aliphatic rings. The summed E-state index contributed by atoms with van der Waals surface area (Å²) in [7, 11) is 0. The molecule has 0 saturated carbocycles. The molecule has 0 spiro atoms. The Morgan fingerprint density at radius 2 is 1.83 bits per heavy atom. The van der Waals surface area contributed by atoms with Crippen molar-refractivity contribution in [2.75, 3.05) is 12.3 Å². The van der Waals surface area contributed by atoms with Crippen molar-refractivity contribution in [3.05, 3.63) is 64.1 Å². The molecule has 122 valence electrons. The molecule has 3 nitrogen and oxygen atoms in total. The number of carbonyl (C=O) groups is 1. The molecule has 2 aromatic carbocycles. The van der Waals surface area contributed by atoms with Gasteiger partial charge in [0.1, 0.15) is 0 Å². The van der Waals surface area contributed by atoms with Gasteiger partial charge in [0.25, 0.3) is 5.91 Å². The molecule has 0 heterocycles. The maximum absolute atomic E-state index is 12.0. The topological polar surface area (TPSA) is 55.1 Å². The van der Waals surface area contributed by atoms with Crippen molar-refractivity contribution >= 4 is 33.6 Å². The van der Waals surface area contributed by atoms with E-state index < -0.39 is 0 Å². The van der Waals surface area contributed by atoms with E-state index in [1.54, 1.807) is 0 Å². The molecule has 3 N–H and O–H groups in total. The highest BCUT2D eigenvalue weighted by molar-refractivity contribution is 9.10. The van der Waals surface area contributed by atoms with E-state index in [0.29, 0.717) is 18.7 Å². The molecule has 0 radical (unpaired) electrons. The zero-order valence-corrected chi connectivity index (χ0v) is 15.3. The van der Waals surface area contributed by atoms with Crippen LogP contribution in [0.2, 0.25) is 0 Å². The molecular formula is C18H21BrN2OS. The Hall–Kier alpha value is -1.30. The van der Waals surface area contributed by atoms with Crippen LogP contribution < -0.4 is 11.1 Å². The molecule has 2 aromatic rings. The van der Waals surface area contributed by atoms with Gasteiger partial charge in [-0.3, -0.25) is 4.79 Å². The van der Waals surface area contributed by atoms with Gasteiger partial charge in [-0.05, 0) is 64.4 Å². The van der Waals surface area contributed by atoms with E-state index in [0.717, 1.165) is 28.6 Å². The minimum absolute atomic E-state index is 0.0213. The molecule has 5 heteroatoms.